The number of rotatable bonds is 7. The second-order valence-corrected chi connectivity index (χ2v) is 4.15. The molecule has 0 aliphatic carbocycles. The SMILES string of the molecule is Cc1ccccc1CNCCCC/C(N)=N/O. The number of oxime groups is 1. The minimum atomic E-state index is 0.309. The molecule has 1 rings (SSSR count). The van der Waals surface area contributed by atoms with Gasteiger partial charge in [0.1, 0.15) is 5.84 Å². The van der Waals surface area contributed by atoms with Crippen molar-refractivity contribution in [3.63, 3.8) is 0 Å². The molecule has 0 aromatic heterocycles. The number of unbranched alkanes of at least 4 members (excludes halogenated alkanes) is 1. The first-order valence-electron chi connectivity index (χ1n) is 5.95. The third kappa shape index (κ3) is 5.36. The fourth-order valence-corrected chi connectivity index (χ4v) is 1.64. The molecule has 0 amide bonds. The van der Waals surface area contributed by atoms with Crippen LogP contribution in [0.2, 0.25) is 0 Å². The Balaban J connectivity index is 2.11. The molecular formula is C13H21N3O. The lowest BCUT2D eigenvalue weighted by Crippen LogP contribution is -2.16. The molecule has 0 spiro atoms. The van der Waals surface area contributed by atoms with E-state index < -0.39 is 0 Å². The second kappa shape index (κ2) is 7.68. The number of hydrogen-bond donors (Lipinski definition) is 3. The summed E-state index contributed by atoms with van der Waals surface area (Å²) in [6.45, 7) is 3.97. The van der Waals surface area contributed by atoms with Crippen LogP contribution in [0.25, 0.3) is 0 Å². The first-order valence-corrected chi connectivity index (χ1v) is 5.95. The Morgan fingerprint density at radius 2 is 2.12 bits per heavy atom. The van der Waals surface area contributed by atoms with Crippen molar-refractivity contribution in [2.45, 2.75) is 32.7 Å². The van der Waals surface area contributed by atoms with Crippen LogP contribution in [-0.4, -0.2) is 17.6 Å². The number of nitrogens with two attached hydrogens (primary N) is 1. The molecule has 1 aromatic rings. The van der Waals surface area contributed by atoms with Gasteiger partial charge >= 0.3 is 0 Å². The van der Waals surface area contributed by atoms with Crippen LogP contribution in [0.15, 0.2) is 29.4 Å². The van der Waals surface area contributed by atoms with Gasteiger partial charge in [-0.2, -0.15) is 0 Å². The number of amidine groups is 1. The fourth-order valence-electron chi connectivity index (χ4n) is 1.64. The van der Waals surface area contributed by atoms with Gasteiger partial charge in [-0.05, 0) is 37.4 Å². The number of aryl methyl sites for hydroxylation is 1. The van der Waals surface area contributed by atoms with Crippen LogP contribution in [0.3, 0.4) is 0 Å². The van der Waals surface area contributed by atoms with Gasteiger partial charge in [0.25, 0.3) is 0 Å². The summed E-state index contributed by atoms with van der Waals surface area (Å²) in [5, 5.41) is 14.7. The van der Waals surface area contributed by atoms with E-state index in [1.807, 2.05) is 0 Å². The highest BCUT2D eigenvalue weighted by molar-refractivity contribution is 5.79. The van der Waals surface area contributed by atoms with E-state index in [4.69, 9.17) is 10.9 Å². The van der Waals surface area contributed by atoms with Crippen molar-refractivity contribution in [3.05, 3.63) is 35.4 Å². The van der Waals surface area contributed by atoms with E-state index in [2.05, 4.69) is 41.7 Å². The van der Waals surface area contributed by atoms with Crippen LogP contribution in [0.5, 0.6) is 0 Å². The molecule has 0 saturated carbocycles. The number of nitrogens with one attached hydrogen (secondary N) is 1. The van der Waals surface area contributed by atoms with Crippen molar-refractivity contribution >= 4 is 5.84 Å². The van der Waals surface area contributed by atoms with Crippen LogP contribution < -0.4 is 11.1 Å². The maximum absolute atomic E-state index is 8.36. The van der Waals surface area contributed by atoms with Gasteiger partial charge in [-0.3, -0.25) is 0 Å². The quantitative estimate of drug-likeness (QED) is 0.222. The molecule has 94 valence electrons. The van der Waals surface area contributed by atoms with Crippen molar-refractivity contribution < 1.29 is 5.21 Å². The highest BCUT2D eigenvalue weighted by atomic mass is 16.4. The first kappa shape index (κ1) is 13.5. The Bertz CT molecular complexity index is 363. The molecule has 0 radical (unpaired) electrons. The summed E-state index contributed by atoms with van der Waals surface area (Å²) in [7, 11) is 0. The Hall–Kier alpha value is -1.55. The minimum Gasteiger partial charge on any atom is -0.409 e. The highest BCUT2D eigenvalue weighted by Crippen LogP contribution is 2.06. The van der Waals surface area contributed by atoms with Crippen molar-refractivity contribution in [1.29, 1.82) is 0 Å². The molecule has 0 heterocycles. The largest absolute Gasteiger partial charge is 0.409 e. The average Bonchev–Trinajstić information content (AvgIpc) is 2.35. The van der Waals surface area contributed by atoms with E-state index in [1.54, 1.807) is 0 Å². The standard InChI is InChI=1S/C13H21N3O/c1-11-6-2-3-7-12(11)10-15-9-5-4-8-13(14)16-17/h2-3,6-7,15,17H,4-5,8-10H2,1H3,(H2,14,16). The van der Waals surface area contributed by atoms with Crippen molar-refractivity contribution in [1.82, 2.24) is 5.32 Å². The zero-order valence-corrected chi connectivity index (χ0v) is 10.3. The topological polar surface area (TPSA) is 70.6 Å². The predicted molar refractivity (Wildman–Crippen MR) is 70.1 cm³/mol. The summed E-state index contributed by atoms with van der Waals surface area (Å²) < 4.78 is 0. The monoisotopic (exact) mass is 235 g/mol. The second-order valence-electron chi connectivity index (χ2n) is 4.15. The summed E-state index contributed by atoms with van der Waals surface area (Å²) >= 11 is 0. The van der Waals surface area contributed by atoms with Crippen LogP contribution in [0.4, 0.5) is 0 Å². The van der Waals surface area contributed by atoms with E-state index in [9.17, 15) is 0 Å². The van der Waals surface area contributed by atoms with E-state index in [1.165, 1.54) is 11.1 Å². The molecule has 0 atom stereocenters. The van der Waals surface area contributed by atoms with Crippen LogP contribution in [0.1, 0.15) is 30.4 Å². The van der Waals surface area contributed by atoms with E-state index in [0.717, 1.165) is 25.9 Å². The van der Waals surface area contributed by atoms with Gasteiger partial charge in [-0.25, -0.2) is 0 Å². The van der Waals surface area contributed by atoms with Crippen LogP contribution in [0, 0.1) is 6.92 Å². The van der Waals surface area contributed by atoms with Crippen molar-refractivity contribution in [2.24, 2.45) is 10.9 Å². The molecule has 0 aliphatic heterocycles. The van der Waals surface area contributed by atoms with Gasteiger partial charge < -0.3 is 16.3 Å². The molecular weight excluding hydrogens is 214 g/mol. The molecule has 17 heavy (non-hydrogen) atoms. The van der Waals surface area contributed by atoms with Gasteiger partial charge in [0.2, 0.25) is 0 Å². The molecule has 0 bridgehead atoms. The summed E-state index contributed by atoms with van der Waals surface area (Å²) in [5.41, 5.74) is 8.03. The average molecular weight is 235 g/mol. The van der Waals surface area contributed by atoms with Gasteiger partial charge in [-0.15, -0.1) is 0 Å². The number of benzene rings is 1. The molecule has 4 heteroatoms. The molecule has 1 aromatic carbocycles. The van der Waals surface area contributed by atoms with Crippen LogP contribution >= 0.6 is 0 Å². The molecule has 0 saturated heterocycles. The van der Waals surface area contributed by atoms with Gasteiger partial charge in [0.15, 0.2) is 0 Å². The first-order chi connectivity index (χ1) is 8.24. The van der Waals surface area contributed by atoms with Gasteiger partial charge in [0.05, 0.1) is 0 Å². The lowest BCUT2D eigenvalue weighted by molar-refractivity contribution is 0.316. The fraction of sp³-hybridized carbons (Fsp3) is 0.462. The zero-order chi connectivity index (χ0) is 12.5. The van der Waals surface area contributed by atoms with Crippen molar-refractivity contribution in [3.8, 4) is 0 Å². The number of hydrogen-bond acceptors (Lipinski definition) is 3. The van der Waals surface area contributed by atoms with E-state index in [0.29, 0.717) is 12.3 Å². The highest BCUT2D eigenvalue weighted by Gasteiger charge is 1.97. The summed E-state index contributed by atoms with van der Waals surface area (Å²) in [5.74, 6) is 0.309. The smallest absolute Gasteiger partial charge is 0.139 e. The Kier molecular flexibility index (Phi) is 6.10. The lowest BCUT2D eigenvalue weighted by atomic mass is 10.1. The normalized spacial score (nSPS) is 11.7. The third-order valence-corrected chi connectivity index (χ3v) is 2.74. The van der Waals surface area contributed by atoms with Crippen molar-refractivity contribution in [2.75, 3.05) is 6.54 Å². The number of nitrogens with zero attached hydrogens (tertiary/aromatic N) is 1. The zero-order valence-electron chi connectivity index (χ0n) is 10.3. The summed E-state index contributed by atoms with van der Waals surface area (Å²) in [6, 6.07) is 8.37. The molecule has 0 unspecified atom stereocenters. The molecule has 4 N–H and O–H groups in total. The summed E-state index contributed by atoms with van der Waals surface area (Å²) in [4.78, 5) is 0. The van der Waals surface area contributed by atoms with Crippen LogP contribution in [-0.2, 0) is 6.54 Å². The molecule has 0 fully saturated rings. The predicted octanol–water partition coefficient (Wildman–Crippen LogP) is 2.00. The third-order valence-electron chi connectivity index (χ3n) is 2.74. The Morgan fingerprint density at radius 3 is 2.82 bits per heavy atom. The molecule has 0 aliphatic rings. The Morgan fingerprint density at radius 1 is 1.35 bits per heavy atom. The molecule has 4 nitrogen and oxygen atoms in total. The maximum Gasteiger partial charge on any atom is 0.139 e. The minimum absolute atomic E-state index is 0.309. The van der Waals surface area contributed by atoms with E-state index >= 15 is 0 Å². The van der Waals surface area contributed by atoms with Gasteiger partial charge in [0, 0.05) is 13.0 Å². The Labute approximate surface area is 103 Å². The van der Waals surface area contributed by atoms with E-state index in [-0.39, 0.29) is 0 Å². The van der Waals surface area contributed by atoms with Gasteiger partial charge in [-0.1, -0.05) is 29.4 Å². The lowest BCUT2D eigenvalue weighted by Gasteiger charge is -2.07. The summed E-state index contributed by atoms with van der Waals surface area (Å²) in [6.07, 6.45) is 2.63. The maximum atomic E-state index is 8.36.